The first-order valence-electron chi connectivity index (χ1n) is 10.6. The fraction of sp³-hybridized carbons (Fsp3) is 0.591. The summed E-state index contributed by atoms with van der Waals surface area (Å²) in [5.74, 6) is 0.607. The van der Waals surface area contributed by atoms with Crippen LogP contribution in [0.25, 0.3) is 0 Å². The number of nitrogens with zero attached hydrogens (tertiary/aromatic N) is 1. The SMILES string of the molecule is CCCCNC(=O)c1ccc(CN=C(NCC)NCCNC(=O)OC(C)(C)C)cc1.I. The normalized spacial score (nSPS) is 11.2. The summed E-state index contributed by atoms with van der Waals surface area (Å²) in [6.07, 6.45) is 1.59. The predicted octanol–water partition coefficient (Wildman–Crippen LogP) is 3.41. The number of ether oxygens (including phenoxy) is 1. The van der Waals surface area contributed by atoms with Crippen molar-refractivity contribution in [2.24, 2.45) is 4.99 Å². The Bertz CT molecular complexity index is 687. The van der Waals surface area contributed by atoms with Crippen molar-refractivity contribution in [2.75, 3.05) is 26.2 Å². The van der Waals surface area contributed by atoms with Crippen molar-refractivity contribution in [2.45, 2.75) is 59.6 Å². The van der Waals surface area contributed by atoms with Crippen LogP contribution in [-0.4, -0.2) is 49.7 Å². The topological polar surface area (TPSA) is 104 Å². The van der Waals surface area contributed by atoms with E-state index in [1.54, 1.807) is 0 Å². The molecule has 0 aromatic heterocycles. The van der Waals surface area contributed by atoms with Gasteiger partial charge in [0.05, 0.1) is 6.54 Å². The first-order valence-corrected chi connectivity index (χ1v) is 10.6. The predicted molar refractivity (Wildman–Crippen MR) is 136 cm³/mol. The van der Waals surface area contributed by atoms with Crippen LogP contribution >= 0.6 is 24.0 Å². The highest BCUT2D eigenvalue weighted by Gasteiger charge is 2.15. The summed E-state index contributed by atoms with van der Waals surface area (Å²) in [5.41, 5.74) is 1.14. The Kier molecular flexibility index (Phi) is 14.7. The van der Waals surface area contributed by atoms with Crippen LogP contribution in [0.1, 0.15) is 63.4 Å². The van der Waals surface area contributed by atoms with Crippen LogP contribution in [0.15, 0.2) is 29.3 Å². The molecule has 0 aliphatic heterocycles. The molecule has 31 heavy (non-hydrogen) atoms. The van der Waals surface area contributed by atoms with Gasteiger partial charge in [0.15, 0.2) is 5.96 Å². The lowest BCUT2D eigenvalue weighted by Crippen LogP contribution is -2.42. The monoisotopic (exact) mass is 547 g/mol. The highest BCUT2D eigenvalue weighted by Crippen LogP contribution is 2.07. The number of benzene rings is 1. The summed E-state index contributed by atoms with van der Waals surface area (Å²) in [6.45, 7) is 12.4. The van der Waals surface area contributed by atoms with Gasteiger partial charge in [-0.15, -0.1) is 24.0 Å². The molecule has 0 aliphatic carbocycles. The van der Waals surface area contributed by atoms with Crippen LogP contribution in [0.2, 0.25) is 0 Å². The molecular formula is C22H38IN5O3. The van der Waals surface area contributed by atoms with Crippen LogP contribution in [-0.2, 0) is 11.3 Å². The molecule has 9 heteroatoms. The quantitative estimate of drug-likeness (QED) is 0.156. The van der Waals surface area contributed by atoms with E-state index in [0.29, 0.717) is 37.7 Å². The Labute approximate surface area is 203 Å². The van der Waals surface area contributed by atoms with Gasteiger partial charge in [0.2, 0.25) is 0 Å². The first-order chi connectivity index (χ1) is 14.2. The zero-order valence-corrected chi connectivity index (χ0v) is 21.7. The number of aliphatic imine (C=N–C) groups is 1. The zero-order valence-electron chi connectivity index (χ0n) is 19.3. The van der Waals surface area contributed by atoms with Gasteiger partial charge in [-0.05, 0) is 51.8 Å². The van der Waals surface area contributed by atoms with Gasteiger partial charge >= 0.3 is 6.09 Å². The van der Waals surface area contributed by atoms with Crippen molar-refractivity contribution in [1.82, 2.24) is 21.3 Å². The number of carbonyl (C=O) groups excluding carboxylic acids is 2. The summed E-state index contributed by atoms with van der Waals surface area (Å²) in [4.78, 5) is 28.3. The highest BCUT2D eigenvalue weighted by molar-refractivity contribution is 14.0. The molecule has 0 saturated heterocycles. The largest absolute Gasteiger partial charge is 0.444 e. The van der Waals surface area contributed by atoms with Gasteiger partial charge in [-0.3, -0.25) is 4.79 Å². The standard InChI is InChI=1S/C22H37N5O3.HI/c1-6-8-13-24-19(28)18-11-9-17(10-12-18)16-27-20(23-7-2)25-14-15-26-21(29)30-22(3,4)5;/h9-12H,6-8,13-16H2,1-5H3,(H,24,28)(H,26,29)(H2,23,25,27);1H. The van der Waals surface area contributed by atoms with Gasteiger partial charge in [0.25, 0.3) is 5.91 Å². The van der Waals surface area contributed by atoms with Crippen LogP contribution in [0.4, 0.5) is 4.79 Å². The van der Waals surface area contributed by atoms with Crippen molar-refractivity contribution in [3.8, 4) is 0 Å². The van der Waals surface area contributed by atoms with Gasteiger partial charge in [-0.2, -0.15) is 0 Å². The van der Waals surface area contributed by atoms with Crippen molar-refractivity contribution >= 4 is 41.9 Å². The fourth-order valence-corrected chi connectivity index (χ4v) is 2.41. The molecular weight excluding hydrogens is 509 g/mol. The maximum absolute atomic E-state index is 12.1. The summed E-state index contributed by atoms with van der Waals surface area (Å²) in [5, 5.41) is 12.0. The van der Waals surface area contributed by atoms with E-state index in [9.17, 15) is 9.59 Å². The summed E-state index contributed by atoms with van der Waals surface area (Å²) < 4.78 is 5.20. The molecule has 0 fully saturated rings. The third-order valence-corrected chi connectivity index (χ3v) is 3.88. The molecule has 0 unspecified atom stereocenters. The lowest BCUT2D eigenvalue weighted by Gasteiger charge is -2.19. The van der Waals surface area contributed by atoms with Gasteiger partial charge in [-0.1, -0.05) is 25.5 Å². The number of hydrogen-bond donors (Lipinski definition) is 4. The molecule has 0 heterocycles. The Balaban J connectivity index is 0.00000900. The molecule has 8 nitrogen and oxygen atoms in total. The Morgan fingerprint density at radius 3 is 2.16 bits per heavy atom. The molecule has 176 valence electrons. The molecule has 1 aromatic carbocycles. The summed E-state index contributed by atoms with van der Waals surface area (Å²) in [6, 6.07) is 7.45. The maximum atomic E-state index is 12.1. The lowest BCUT2D eigenvalue weighted by atomic mass is 10.1. The number of rotatable bonds is 10. The molecule has 4 N–H and O–H groups in total. The summed E-state index contributed by atoms with van der Waals surface area (Å²) >= 11 is 0. The molecule has 0 radical (unpaired) electrons. The van der Waals surface area contributed by atoms with Crippen molar-refractivity contribution in [1.29, 1.82) is 0 Å². The number of amides is 2. The van der Waals surface area contributed by atoms with Crippen LogP contribution in [0, 0.1) is 0 Å². The number of nitrogens with one attached hydrogen (secondary N) is 4. The minimum Gasteiger partial charge on any atom is -0.444 e. The molecule has 0 saturated carbocycles. The summed E-state index contributed by atoms with van der Waals surface area (Å²) in [7, 11) is 0. The molecule has 0 aliphatic rings. The van der Waals surface area contributed by atoms with E-state index in [1.807, 2.05) is 52.0 Å². The van der Waals surface area contributed by atoms with Crippen LogP contribution in [0.3, 0.4) is 0 Å². The number of carbonyl (C=O) groups is 2. The van der Waals surface area contributed by atoms with Gasteiger partial charge in [0.1, 0.15) is 5.60 Å². The zero-order chi connectivity index (χ0) is 22.4. The van der Waals surface area contributed by atoms with Gasteiger partial charge in [-0.25, -0.2) is 9.79 Å². The van der Waals surface area contributed by atoms with Crippen molar-refractivity contribution in [3.63, 3.8) is 0 Å². The van der Waals surface area contributed by atoms with E-state index in [4.69, 9.17) is 4.74 Å². The number of alkyl carbamates (subject to hydrolysis) is 1. The Hall–Kier alpha value is -2.04. The van der Waals surface area contributed by atoms with Gasteiger partial charge < -0.3 is 26.0 Å². The van der Waals surface area contributed by atoms with E-state index in [1.165, 1.54) is 0 Å². The fourth-order valence-electron chi connectivity index (χ4n) is 2.41. The molecule has 1 rings (SSSR count). The van der Waals surface area contributed by atoms with Crippen LogP contribution < -0.4 is 21.3 Å². The lowest BCUT2D eigenvalue weighted by molar-refractivity contribution is 0.0528. The van der Waals surface area contributed by atoms with E-state index in [-0.39, 0.29) is 29.9 Å². The minimum atomic E-state index is -0.514. The average molecular weight is 547 g/mol. The second-order valence-electron chi connectivity index (χ2n) is 7.86. The van der Waals surface area contributed by atoms with Crippen molar-refractivity contribution in [3.05, 3.63) is 35.4 Å². The molecule has 0 atom stereocenters. The van der Waals surface area contributed by atoms with E-state index in [0.717, 1.165) is 24.9 Å². The smallest absolute Gasteiger partial charge is 0.407 e. The van der Waals surface area contributed by atoms with E-state index < -0.39 is 11.7 Å². The second-order valence-corrected chi connectivity index (χ2v) is 7.86. The third-order valence-electron chi connectivity index (χ3n) is 3.88. The Morgan fingerprint density at radius 2 is 1.58 bits per heavy atom. The van der Waals surface area contributed by atoms with E-state index in [2.05, 4.69) is 33.2 Å². The van der Waals surface area contributed by atoms with E-state index >= 15 is 0 Å². The maximum Gasteiger partial charge on any atom is 0.407 e. The highest BCUT2D eigenvalue weighted by atomic mass is 127. The number of guanidine groups is 1. The average Bonchev–Trinajstić information content (AvgIpc) is 2.68. The molecule has 1 aromatic rings. The third kappa shape index (κ3) is 13.8. The number of hydrogen-bond acceptors (Lipinski definition) is 4. The van der Waals surface area contributed by atoms with Crippen LogP contribution in [0.5, 0.6) is 0 Å². The first kappa shape index (κ1) is 29.0. The number of halogens is 1. The number of unbranched alkanes of at least 4 members (excludes halogenated alkanes) is 1. The molecule has 2 amide bonds. The molecule has 0 bridgehead atoms. The second kappa shape index (κ2) is 15.7. The minimum absolute atomic E-state index is 0. The van der Waals surface area contributed by atoms with Crippen molar-refractivity contribution < 1.29 is 14.3 Å². The molecule has 0 spiro atoms. The Morgan fingerprint density at radius 1 is 0.935 bits per heavy atom. The van der Waals surface area contributed by atoms with Gasteiger partial charge in [0, 0.05) is 31.7 Å².